The minimum absolute atomic E-state index is 0.569. The molecule has 0 bridgehead atoms. The van der Waals surface area contributed by atoms with E-state index in [1.165, 1.54) is 18.4 Å². The Morgan fingerprint density at radius 3 is 3.00 bits per heavy atom. The number of ether oxygens (including phenoxy) is 1. The molecule has 88 valence electrons. The Hall–Kier alpha value is -0.250. The van der Waals surface area contributed by atoms with E-state index in [1.54, 1.807) is 7.11 Å². The van der Waals surface area contributed by atoms with Gasteiger partial charge in [0, 0.05) is 11.1 Å². The molecular formula is C12H15BrClNO. The zero-order valence-corrected chi connectivity index (χ0v) is 11.6. The van der Waals surface area contributed by atoms with E-state index in [9.17, 15) is 0 Å². The number of rotatable bonds is 3. The predicted octanol–water partition coefficient (Wildman–Crippen LogP) is 3.41. The fraction of sp³-hybridized carbons (Fsp3) is 0.500. The summed E-state index contributed by atoms with van der Waals surface area (Å²) in [6.45, 7) is 1.12. The van der Waals surface area contributed by atoms with E-state index in [0.29, 0.717) is 6.04 Å². The van der Waals surface area contributed by atoms with Crippen LogP contribution in [0.4, 0.5) is 0 Å². The number of hydrogen-bond acceptors (Lipinski definition) is 2. The summed E-state index contributed by atoms with van der Waals surface area (Å²) in [5.74, 6) is 0.806. The first kappa shape index (κ1) is 12.2. The summed E-state index contributed by atoms with van der Waals surface area (Å²) in [5, 5.41) is 4.21. The van der Waals surface area contributed by atoms with Gasteiger partial charge in [-0.1, -0.05) is 11.6 Å². The van der Waals surface area contributed by atoms with Crippen molar-refractivity contribution >= 4 is 27.5 Å². The standard InChI is InChI=1S/C12H15BrClNO/c1-16-11-7-9(14)5-8(12(11)13)6-10-3-2-4-15-10/h5,7,10,15H,2-4,6H2,1H3. The van der Waals surface area contributed by atoms with E-state index in [0.717, 1.165) is 28.2 Å². The topological polar surface area (TPSA) is 21.3 Å². The molecule has 1 aromatic carbocycles. The van der Waals surface area contributed by atoms with Gasteiger partial charge in [0.1, 0.15) is 5.75 Å². The van der Waals surface area contributed by atoms with Crippen molar-refractivity contribution in [1.82, 2.24) is 5.32 Å². The molecule has 1 N–H and O–H groups in total. The highest BCUT2D eigenvalue weighted by atomic mass is 79.9. The molecule has 1 saturated heterocycles. The van der Waals surface area contributed by atoms with E-state index in [4.69, 9.17) is 16.3 Å². The minimum atomic E-state index is 0.569. The summed E-state index contributed by atoms with van der Waals surface area (Å²) >= 11 is 9.64. The molecule has 1 aliphatic heterocycles. The zero-order chi connectivity index (χ0) is 11.5. The molecule has 16 heavy (non-hydrogen) atoms. The number of nitrogens with one attached hydrogen (secondary N) is 1. The molecule has 4 heteroatoms. The Morgan fingerprint density at radius 2 is 2.38 bits per heavy atom. The second kappa shape index (κ2) is 5.39. The summed E-state index contributed by atoms with van der Waals surface area (Å²) in [4.78, 5) is 0. The van der Waals surface area contributed by atoms with Gasteiger partial charge in [0.05, 0.1) is 11.6 Å². The first-order chi connectivity index (χ1) is 7.70. The molecule has 0 saturated carbocycles. The fourth-order valence-electron chi connectivity index (χ4n) is 2.11. The van der Waals surface area contributed by atoms with Crippen molar-refractivity contribution in [1.29, 1.82) is 0 Å². The first-order valence-electron chi connectivity index (χ1n) is 5.46. The van der Waals surface area contributed by atoms with Crippen LogP contribution < -0.4 is 10.1 Å². The van der Waals surface area contributed by atoms with Gasteiger partial charge in [0.2, 0.25) is 0 Å². The molecule has 1 aromatic rings. The smallest absolute Gasteiger partial charge is 0.134 e. The number of methoxy groups -OCH3 is 1. The highest BCUT2D eigenvalue weighted by Crippen LogP contribution is 2.33. The number of hydrogen-bond donors (Lipinski definition) is 1. The monoisotopic (exact) mass is 303 g/mol. The van der Waals surface area contributed by atoms with Crippen LogP contribution in [0.25, 0.3) is 0 Å². The summed E-state index contributed by atoms with van der Waals surface area (Å²) < 4.78 is 6.30. The lowest BCUT2D eigenvalue weighted by Gasteiger charge is -2.14. The molecule has 0 aromatic heterocycles. The van der Waals surface area contributed by atoms with Gasteiger partial charge in [0.15, 0.2) is 0 Å². The SMILES string of the molecule is COc1cc(Cl)cc(CC2CCCN2)c1Br. The molecule has 0 amide bonds. The molecule has 0 radical (unpaired) electrons. The van der Waals surface area contributed by atoms with E-state index >= 15 is 0 Å². The van der Waals surface area contributed by atoms with Crippen LogP contribution in [0.15, 0.2) is 16.6 Å². The average Bonchev–Trinajstić information content (AvgIpc) is 2.75. The molecule has 0 spiro atoms. The molecule has 1 atom stereocenters. The third-order valence-electron chi connectivity index (χ3n) is 2.93. The first-order valence-corrected chi connectivity index (χ1v) is 6.63. The van der Waals surface area contributed by atoms with Gasteiger partial charge in [-0.3, -0.25) is 0 Å². The van der Waals surface area contributed by atoms with Crippen molar-refractivity contribution in [2.45, 2.75) is 25.3 Å². The quantitative estimate of drug-likeness (QED) is 0.924. The highest BCUT2D eigenvalue weighted by Gasteiger charge is 2.17. The third-order valence-corrected chi connectivity index (χ3v) is 4.05. The van der Waals surface area contributed by atoms with Crippen LogP contribution in [0.2, 0.25) is 5.02 Å². The molecule has 1 unspecified atom stereocenters. The summed E-state index contributed by atoms with van der Waals surface area (Å²) in [7, 11) is 1.66. The Morgan fingerprint density at radius 1 is 1.56 bits per heavy atom. The van der Waals surface area contributed by atoms with E-state index in [2.05, 4.69) is 21.2 Å². The maximum absolute atomic E-state index is 6.06. The lowest BCUT2D eigenvalue weighted by molar-refractivity contribution is 0.411. The van der Waals surface area contributed by atoms with E-state index in [1.807, 2.05) is 12.1 Å². The molecule has 1 heterocycles. The maximum atomic E-state index is 6.06. The summed E-state index contributed by atoms with van der Waals surface area (Å²) in [6.07, 6.45) is 3.50. The molecule has 2 rings (SSSR count). The van der Waals surface area contributed by atoms with Crippen LogP contribution in [0.1, 0.15) is 18.4 Å². The summed E-state index contributed by atoms with van der Waals surface area (Å²) in [6, 6.07) is 4.41. The van der Waals surface area contributed by atoms with Crippen LogP contribution in [0.3, 0.4) is 0 Å². The van der Waals surface area contributed by atoms with Crippen molar-refractivity contribution in [3.63, 3.8) is 0 Å². The van der Waals surface area contributed by atoms with Crippen molar-refractivity contribution in [2.75, 3.05) is 13.7 Å². The third kappa shape index (κ3) is 2.70. The zero-order valence-electron chi connectivity index (χ0n) is 9.22. The van der Waals surface area contributed by atoms with E-state index < -0.39 is 0 Å². The molecule has 1 fully saturated rings. The van der Waals surface area contributed by atoms with Crippen molar-refractivity contribution in [2.24, 2.45) is 0 Å². The maximum Gasteiger partial charge on any atom is 0.134 e. The van der Waals surface area contributed by atoms with Crippen LogP contribution in [0.5, 0.6) is 5.75 Å². The van der Waals surface area contributed by atoms with E-state index in [-0.39, 0.29) is 0 Å². The second-order valence-corrected chi connectivity index (χ2v) is 5.31. The van der Waals surface area contributed by atoms with Gasteiger partial charge < -0.3 is 10.1 Å². The Kier molecular flexibility index (Phi) is 4.11. The minimum Gasteiger partial charge on any atom is -0.496 e. The molecule has 2 nitrogen and oxygen atoms in total. The molecular weight excluding hydrogens is 289 g/mol. The summed E-state index contributed by atoms with van der Waals surface area (Å²) in [5.41, 5.74) is 1.21. The van der Waals surface area contributed by atoms with Crippen LogP contribution in [0, 0.1) is 0 Å². The largest absolute Gasteiger partial charge is 0.496 e. The van der Waals surface area contributed by atoms with Crippen LogP contribution in [-0.2, 0) is 6.42 Å². The van der Waals surface area contributed by atoms with Gasteiger partial charge >= 0.3 is 0 Å². The highest BCUT2D eigenvalue weighted by molar-refractivity contribution is 9.10. The van der Waals surface area contributed by atoms with Gasteiger partial charge in [-0.05, 0) is 59.4 Å². The molecule has 1 aliphatic rings. The Labute approximate surface area is 109 Å². The lowest BCUT2D eigenvalue weighted by Crippen LogP contribution is -2.23. The second-order valence-electron chi connectivity index (χ2n) is 4.08. The normalized spacial score (nSPS) is 20.1. The molecule has 0 aliphatic carbocycles. The van der Waals surface area contributed by atoms with Crippen molar-refractivity contribution in [3.8, 4) is 5.75 Å². The van der Waals surface area contributed by atoms with Crippen molar-refractivity contribution in [3.05, 3.63) is 27.2 Å². The predicted molar refractivity (Wildman–Crippen MR) is 70.4 cm³/mol. The van der Waals surface area contributed by atoms with Gasteiger partial charge in [-0.25, -0.2) is 0 Å². The van der Waals surface area contributed by atoms with Crippen molar-refractivity contribution < 1.29 is 4.74 Å². The van der Waals surface area contributed by atoms with Gasteiger partial charge in [-0.15, -0.1) is 0 Å². The van der Waals surface area contributed by atoms with Crippen LogP contribution in [-0.4, -0.2) is 19.7 Å². The fourth-order valence-corrected chi connectivity index (χ4v) is 2.90. The Bertz CT molecular complexity index is 378. The number of benzene rings is 1. The van der Waals surface area contributed by atoms with Gasteiger partial charge in [-0.2, -0.15) is 0 Å². The Balaban J connectivity index is 2.21. The lowest BCUT2D eigenvalue weighted by atomic mass is 10.0. The van der Waals surface area contributed by atoms with Crippen LogP contribution >= 0.6 is 27.5 Å². The average molecular weight is 305 g/mol. The van der Waals surface area contributed by atoms with Gasteiger partial charge in [0.25, 0.3) is 0 Å². The number of halogens is 2.